The van der Waals surface area contributed by atoms with Crippen molar-refractivity contribution in [1.29, 1.82) is 0 Å². The molecule has 3 aliphatic rings. The molecule has 3 aromatic rings. The molecule has 6 rings (SSSR count). The number of benzene rings is 3. The van der Waals surface area contributed by atoms with Gasteiger partial charge in [0.2, 0.25) is 11.8 Å². The molecule has 2 heterocycles. The Morgan fingerprint density at radius 2 is 1.70 bits per heavy atom. The summed E-state index contributed by atoms with van der Waals surface area (Å²) in [4.78, 5) is 68.2. The number of amides is 3. The molecule has 4 atom stereocenters. The highest BCUT2D eigenvalue weighted by Gasteiger charge is 2.48. The number of halogens is 1. The first kappa shape index (κ1) is 34.8. The van der Waals surface area contributed by atoms with Gasteiger partial charge in [-0.1, -0.05) is 66.2 Å². The maximum atomic E-state index is 14.5. The van der Waals surface area contributed by atoms with Crippen LogP contribution in [0.1, 0.15) is 68.8 Å². The zero-order chi connectivity index (χ0) is 35.9. The van der Waals surface area contributed by atoms with Crippen molar-refractivity contribution in [3.05, 3.63) is 98.6 Å². The van der Waals surface area contributed by atoms with Gasteiger partial charge in [0.25, 0.3) is 5.69 Å². The molecule has 2 aliphatic heterocycles. The number of nitrogens with zero attached hydrogens (tertiary/aromatic N) is 3. The Labute approximate surface area is 293 Å². The van der Waals surface area contributed by atoms with Gasteiger partial charge in [0.15, 0.2) is 0 Å². The molecule has 2 fully saturated rings. The number of carbonyl (C=O) groups is 4. The van der Waals surface area contributed by atoms with Gasteiger partial charge in [0.05, 0.1) is 17.4 Å². The molecule has 0 spiro atoms. The second-order valence-electron chi connectivity index (χ2n) is 13.7. The Bertz CT molecular complexity index is 1820. The summed E-state index contributed by atoms with van der Waals surface area (Å²) in [5.74, 6) is -2.35. The fourth-order valence-corrected chi connectivity index (χ4v) is 7.26. The standard InChI is InChI=1S/C36H38ClN5O8/c1-36(2,3)50-34(45)29-18-30(43)39-32(20-14-15-26(37)28(17-20)42(47)48)41(29)33(44)31(38)27-13-8-16-40(27)35(46)49-19-25-23-11-6-4-9-21(23)22-10-5-7-12-24(22)25/h4-7,9-12,14-15,17,25,27,29,31-32H,8,13,16,18-19,38H2,1-3H3,(H,39,43)/t27-,29-,31?,32-/m0/s1. The molecule has 3 aromatic carbocycles. The number of esters is 1. The third-order valence-corrected chi connectivity index (χ3v) is 9.60. The van der Waals surface area contributed by atoms with Gasteiger partial charge in [-0.25, -0.2) is 9.59 Å². The van der Waals surface area contributed by atoms with Gasteiger partial charge in [0, 0.05) is 24.1 Å². The van der Waals surface area contributed by atoms with E-state index < -0.39 is 70.8 Å². The first-order chi connectivity index (χ1) is 23.7. The smallest absolute Gasteiger partial charge is 0.410 e. The fourth-order valence-electron chi connectivity index (χ4n) is 7.07. The Balaban J connectivity index is 1.26. The summed E-state index contributed by atoms with van der Waals surface area (Å²) in [6, 6.07) is 16.2. The summed E-state index contributed by atoms with van der Waals surface area (Å²) in [5.41, 5.74) is 9.66. The van der Waals surface area contributed by atoms with Crippen LogP contribution in [0, 0.1) is 10.1 Å². The van der Waals surface area contributed by atoms with Gasteiger partial charge in [-0.2, -0.15) is 0 Å². The number of fused-ring (bicyclic) bond motifs is 3. The first-order valence-electron chi connectivity index (χ1n) is 16.4. The predicted octanol–water partition coefficient (Wildman–Crippen LogP) is 5.05. The van der Waals surface area contributed by atoms with Crippen molar-refractivity contribution >= 4 is 41.2 Å². The average Bonchev–Trinajstić information content (AvgIpc) is 3.69. The summed E-state index contributed by atoms with van der Waals surface area (Å²) in [7, 11) is 0. The van der Waals surface area contributed by atoms with Gasteiger partial charge in [-0.05, 0) is 61.9 Å². The molecule has 1 aliphatic carbocycles. The van der Waals surface area contributed by atoms with Crippen LogP contribution in [0.4, 0.5) is 10.5 Å². The number of hydrogen-bond acceptors (Lipinski definition) is 9. The molecule has 3 amide bonds. The van der Waals surface area contributed by atoms with E-state index in [-0.39, 0.29) is 23.1 Å². The van der Waals surface area contributed by atoms with Crippen LogP contribution in [0.3, 0.4) is 0 Å². The molecule has 50 heavy (non-hydrogen) atoms. The number of nitro groups is 1. The Morgan fingerprint density at radius 3 is 2.32 bits per heavy atom. The predicted molar refractivity (Wildman–Crippen MR) is 183 cm³/mol. The number of carbonyl (C=O) groups excluding carboxylic acids is 4. The van der Waals surface area contributed by atoms with Gasteiger partial charge in [-0.15, -0.1) is 0 Å². The molecular formula is C36H38ClN5O8. The molecule has 0 aromatic heterocycles. The minimum Gasteiger partial charge on any atom is -0.458 e. The van der Waals surface area contributed by atoms with Crippen LogP contribution < -0.4 is 11.1 Å². The number of ether oxygens (including phenoxy) is 2. The van der Waals surface area contributed by atoms with Crippen LogP contribution in [0.25, 0.3) is 11.1 Å². The van der Waals surface area contributed by atoms with E-state index in [0.717, 1.165) is 33.2 Å². The van der Waals surface area contributed by atoms with Crippen LogP contribution in [0.2, 0.25) is 5.02 Å². The molecule has 0 bridgehead atoms. The molecule has 262 valence electrons. The average molecular weight is 704 g/mol. The maximum absolute atomic E-state index is 14.5. The van der Waals surface area contributed by atoms with Crippen LogP contribution in [-0.2, 0) is 23.9 Å². The monoisotopic (exact) mass is 703 g/mol. The van der Waals surface area contributed by atoms with E-state index >= 15 is 0 Å². The summed E-state index contributed by atoms with van der Waals surface area (Å²) < 4.78 is 11.5. The van der Waals surface area contributed by atoms with Crippen LogP contribution in [-0.4, -0.2) is 75.5 Å². The molecule has 0 saturated carbocycles. The van der Waals surface area contributed by atoms with Gasteiger partial charge in [-0.3, -0.25) is 19.7 Å². The Morgan fingerprint density at radius 1 is 1.06 bits per heavy atom. The van der Waals surface area contributed by atoms with E-state index in [1.54, 1.807) is 20.8 Å². The van der Waals surface area contributed by atoms with E-state index in [2.05, 4.69) is 5.32 Å². The number of likely N-dealkylation sites (tertiary alicyclic amines) is 1. The van der Waals surface area contributed by atoms with Crippen LogP contribution >= 0.6 is 11.6 Å². The second kappa shape index (κ2) is 13.7. The van der Waals surface area contributed by atoms with Crippen molar-refractivity contribution in [3.63, 3.8) is 0 Å². The van der Waals surface area contributed by atoms with E-state index in [9.17, 15) is 29.3 Å². The first-order valence-corrected chi connectivity index (χ1v) is 16.8. The zero-order valence-electron chi connectivity index (χ0n) is 27.8. The molecule has 0 radical (unpaired) electrons. The zero-order valence-corrected chi connectivity index (χ0v) is 28.6. The number of hydrogen-bond donors (Lipinski definition) is 2. The normalized spacial score (nSPS) is 20.8. The molecule has 1 unspecified atom stereocenters. The summed E-state index contributed by atoms with van der Waals surface area (Å²) in [6.07, 6.45) is -1.45. The van der Waals surface area contributed by atoms with Gasteiger partial charge < -0.3 is 30.3 Å². The van der Waals surface area contributed by atoms with E-state index in [4.69, 9.17) is 26.8 Å². The van der Waals surface area contributed by atoms with E-state index in [1.165, 1.54) is 17.0 Å². The number of rotatable bonds is 7. The third-order valence-electron chi connectivity index (χ3n) is 9.28. The van der Waals surface area contributed by atoms with Crippen LogP contribution in [0.15, 0.2) is 66.7 Å². The Hall–Kier alpha value is -5.01. The van der Waals surface area contributed by atoms with Crippen molar-refractivity contribution in [2.24, 2.45) is 5.73 Å². The number of nitrogens with one attached hydrogen (secondary N) is 1. The molecular weight excluding hydrogens is 666 g/mol. The molecule has 13 nitrogen and oxygen atoms in total. The summed E-state index contributed by atoms with van der Waals surface area (Å²) in [5, 5.41) is 14.2. The lowest BCUT2D eigenvalue weighted by Gasteiger charge is -2.43. The lowest BCUT2D eigenvalue weighted by atomic mass is 9.97. The van der Waals surface area contributed by atoms with Crippen molar-refractivity contribution in [3.8, 4) is 11.1 Å². The lowest BCUT2D eigenvalue weighted by molar-refractivity contribution is -0.384. The van der Waals surface area contributed by atoms with Crippen molar-refractivity contribution in [1.82, 2.24) is 15.1 Å². The van der Waals surface area contributed by atoms with E-state index in [1.807, 2.05) is 48.5 Å². The Kier molecular flexibility index (Phi) is 9.56. The van der Waals surface area contributed by atoms with Crippen molar-refractivity contribution in [2.75, 3.05) is 13.2 Å². The SMILES string of the molecule is CC(C)(C)OC(=O)[C@@H]1CC(=O)N[C@H](c2ccc(Cl)c([N+](=O)[O-])c2)N1C(=O)C(N)[C@@H]1CCCN1C(=O)OCC1c2ccccc2-c2ccccc21. The molecule has 2 saturated heterocycles. The molecule has 14 heteroatoms. The minimum atomic E-state index is -1.41. The maximum Gasteiger partial charge on any atom is 0.410 e. The second-order valence-corrected chi connectivity index (χ2v) is 14.1. The van der Waals surface area contributed by atoms with Crippen molar-refractivity contribution in [2.45, 2.75) is 75.8 Å². The quantitative estimate of drug-likeness (QED) is 0.194. The topological polar surface area (TPSA) is 174 Å². The fraction of sp³-hybridized carbons (Fsp3) is 0.389. The van der Waals surface area contributed by atoms with Crippen LogP contribution in [0.5, 0.6) is 0 Å². The van der Waals surface area contributed by atoms with Gasteiger partial charge >= 0.3 is 12.1 Å². The number of nitrogens with two attached hydrogens (primary N) is 1. The van der Waals surface area contributed by atoms with Crippen molar-refractivity contribution < 1.29 is 33.6 Å². The largest absolute Gasteiger partial charge is 0.458 e. The number of nitro benzene ring substituents is 1. The summed E-state index contributed by atoms with van der Waals surface area (Å²) in [6.45, 7) is 5.32. The molecule has 3 N–H and O–H groups in total. The lowest BCUT2D eigenvalue weighted by Crippen LogP contribution is -2.64. The highest BCUT2D eigenvalue weighted by molar-refractivity contribution is 6.32. The highest BCUT2D eigenvalue weighted by atomic mass is 35.5. The third kappa shape index (κ3) is 6.75. The summed E-state index contributed by atoms with van der Waals surface area (Å²) >= 11 is 6.06. The van der Waals surface area contributed by atoms with Gasteiger partial charge in [0.1, 0.15) is 35.5 Å². The van der Waals surface area contributed by atoms with E-state index in [0.29, 0.717) is 19.4 Å². The highest BCUT2D eigenvalue weighted by Crippen LogP contribution is 2.44. The minimum absolute atomic E-state index is 0.0789.